The number of aliphatic hydroxyl groups excluding tert-OH is 1. The quantitative estimate of drug-likeness (QED) is 0.332. The molecular weight excluding hydrogens is 432 g/mol. The van der Waals surface area contributed by atoms with Gasteiger partial charge in [0.2, 0.25) is 0 Å². The Labute approximate surface area is 188 Å². The summed E-state index contributed by atoms with van der Waals surface area (Å²) in [7, 11) is 1.40. The molecule has 4 rings (SSSR count). The van der Waals surface area contributed by atoms with E-state index >= 15 is 0 Å². The minimum absolute atomic E-state index is 0.0909. The number of ether oxygens (including phenoxy) is 2. The number of carbonyl (C=O) groups is 2. The van der Waals surface area contributed by atoms with Crippen molar-refractivity contribution in [2.75, 3.05) is 18.6 Å². The summed E-state index contributed by atoms with van der Waals surface area (Å²) in [5, 5.41) is 23.2. The number of ketones is 1. The van der Waals surface area contributed by atoms with Gasteiger partial charge in [-0.3, -0.25) is 14.5 Å². The molecule has 9 heteroatoms. The molecule has 1 aliphatic rings. The van der Waals surface area contributed by atoms with Gasteiger partial charge in [0.25, 0.3) is 5.78 Å². The van der Waals surface area contributed by atoms with Crippen LogP contribution in [0.15, 0.2) is 59.6 Å². The molecule has 1 saturated heterocycles. The van der Waals surface area contributed by atoms with Gasteiger partial charge in [-0.25, -0.2) is 4.98 Å². The second-order valence-corrected chi connectivity index (χ2v) is 7.75. The molecule has 164 valence electrons. The predicted molar refractivity (Wildman–Crippen MR) is 119 cm³/mol. The summed E-state index contributed by atoms with van der Waals surface area (Å²) in [4.78, 5) is 31.6. The summed E-state index contributed by atoms with van der Waals surface area (Å²) in [6.07, 6.45) is 1.53. The molecule has 2 heterocycles. The number of hydrogen-bond donors (Lipinski definition) is 2. The first-order chi connectivity index (χ1) is 15.5. The van der Waals surface area contributed by atoms with Gasteiger partial charge in [-0.2, -0.15) is 0 Å². The van der Waals surface area contributed by atoms with Crippen molar-refractivity contribution >= 4 is 33.9 Å². The Morgan fingerprint density at radius 1 is 1.22 bits per heavy atom. The number of phenolic OH excluding ortho intramolecular Hbond substituents is 1. The molecule has 0 radical (unpaired) electrons. The molecule has 3 aromatic rings. The first-order valence-electron chi connectivity index (χ1n) is 9.76. The van der Waals surface area contributed by atoms with E-state index in [1.165, 1.54) is 41.7 Å². The number of aromatic hydroxyl groups is 1. The van der Waals surface area contributed by atoms with Crippen LogP contribution in [-0.2, 0) is 9.59 Å². The van der Waals surface area contributed by atoms with Crippen LogP contribution in [-0.4, -0.2) is 40.6 Å². The number of aliphatic hydroxyl groups is 1. The minimum Gasteiger partial charge on any atom is -0.507 e. The highest BCUT2D eigenvalue weighted by Crippen LogP contribution is 2.44. The Bertz CT molecular complexity index is 1200. The van der Waals surface area contributed by atoms with Gasteiger partial charge in [-0.1, -0.05) is 18.2 Å². The summed E-state index contributed by atoms with van der Waals surface area (Å²) in [6.45, 7) is 2.27. The van der Waals surface area contributed by atoms with E-state index < -0.39 is 17.7 Å². The maximum atomic E-state index is 13.1. The second kappa shape index (κ2) is 8.72. The van der Waals surface area contributed by atoms with E-state index in [0.717, 1.165) is 0 Å². The zero-order valence-electron chi connectivity index (χ0n) is 17.3. The number of rotatable bonds is 6. The molecule has 1 aliphatic heterocycles. The largest absolute Gasteiger partial charge is 0.507 e. The fourth-order valence-electron chi connectivity index (χ4n) is 3.60. The van der Waals surface area contributed by atoms with E-state index in [1.54, 1.807) is 35.7 Å². The fraction of sp³-hybridized carbons (Fsp3) is 0.174. The Morgan fingerprint density at radius 2 is 2.03 bits per heavy atom. The SMILES string of the molecule is CCOc1cccc(C(O)=C2C(=O)C(=O)N(c3nccs3)C2c2ccc(O)c(OC)c2)c1. The van der Waals surface area contributed by atoms with Crippen LogP contribution in [0, 0.1) is 0 Å². The van der Waals surface area contributed by atoms with Crippen LogP contribution in [0.5, 0.6) is 17.2 Å². The zero-order chi connectivity index (χ0) is 22.8. The van der Waals surface area contributed by atoms with Crippen molar-refractivity contribution in [2.24, 2.45) is 0 Å². The van der Waals surface area contributed by atoms with Gasteiger partial charge >= 0.3 is 5.91 Å². The lowest BCUT2D eigenvalue weighted by Crippen LogP contribution is -2.29. The van der Waals surface area contributed by atoms with Gasteiger partial charge < -0.3 is 19.7 Å². The summed E-state index contributed by atoms with van der Waals surface area (Å²) < 4.78 is 10.7. The van der Waals surface area contributed by atoms with Crippen LogP contribution >= 0.6 is 11.3 Å². The van der Waals surface area contributed by atoms with Crippen LogP contribution in [0.3, 0.4) is 0 Å². The number of aromatic nitrogens is 1. The van der Waals surface area contributed by atoms with Gasteiger partial charge in [-0.15, -0.1) is 11.3 Å². The Kier molecular flexibility index (Phi) is 5.83. The van der Waals surface area contributed by atoms with E-state index in [-0.39, 0.29) is 22.8 Å². The van der Waals surface area contributed by atoms with E-state index in [4.69, 9.17) is 9.47 Å². The molecule has 2 N–H and O–H groups in total. The van der Waals surface area contributed by atoms with Gasteiger partial charge in [0.05, 0.1) is 25.3 Å². The maximum Gasteiger partial charge on any atom is 0.301 e. The summed E-state index contributed by atoms with van der Waals surface area (Å²) in [5.74, 6) is -1.37. The van der Waals surface area contributed by atoms with E-state index in [0.29, 0.717) is 28.6 Å². The second-order valence-electron chi connectivity index (χ2n) is 6.88. The average Bonchev–Trinajstić information content (AvgIpc) is 3.41. The number of methoxy groups -OCH3 is 1. The highest BCUT2D eigenvalue weighted by molar-refractivity contribution is 7.14. The standard InChI is InChI=1S/C23H20N2O6S/c1-3-31-15-6-4-5-14(11-15)20(27)18-19(13-7-8-16(26)17(12-13)30-2)25(22(29)21(18)28)23-24-9-10-32-23/h4-12,19,26-27H,3H2,1-2H3. The fourth-order valence-corrected chi connectivity index (χ4v) is 4.27. The predicted octanol–water partition coefficient (Wildman–Crippen LogP) is 3.88. The van der Waals surface area contributed by atoms with Crippen LogP contribution in [0.25, 0.3) is 5.76 Å². The summed E-state index contributed by atoms with van der Waals surface area (Å²) in [6, 6.07) is 10.2. The molecule has 1 aromatic heterocycles. The average molecular weight is 452 g/mol. The third-order valence-electron chi connectivity index (χ3n) is 5.01. The van der Waals surface area contributed by atoms with Crippen molar-refractivity contribution in [3.8, 4) is 17.2 Å². The number of phenols is 1. The van der Waals surface area contributed by atoms with E-state index in [1.807, 2.05) is 6.92 Å². The molecule has 32 heavy (non-hydrogen) atoms. The number of Topliss-reactive ketones (excluding diaryl/α,β-unsaturated/α-hetero) is 1. The number of anilines is 1. The van der Waals surface area contributed by atoms with E-state index in [2.05, 4.69) is 4.98 Å². The minimum atomic E-state index is -0.966. The maximum absolute atomic E-state index is 13.1. The topological polar surface area (TPSA) is 109 Å². The van der Waals surface area contributed by atoms with Crippen molar-refractivity contribution in [2.45, 2.75) is 13.0 Å². The molecule has 1 amide bonds. The third-order valence-corrected chi connectivity index (χ3v) is 5.78. The van der Waals surface area contributed by atoms with Crippen LogP contribution < -0.4 is 14.4 Å². The summed E-state index contributed by atoms with van der Waals surface area (Å²) in [5.41, 5.74) is 0.715. The zero-order valence-corrected chi connectivity index (χ0v) is 18.1. The smallest absolute Gasteiger partial charge is 0.301 e. The normalized spacial score (nSPS) is 17.6. The van der Waals surface area contributed by atoms with Gasteiger partial charge in [0.1, 0.15) is 11.5 Å². The molecule has 0 bridgehead atoms. The first-order valence-corrected chi connectivity index (χ1v) is 10.6. The lowest BCUT2D eigenvalue weighted by molar-refractivity contribution is -0.132. The Hall–Kier alpha value is -3.85. The molecule has 8 nitrogen and oxygen atoms in total. The monoisotopic (exact) mass is 452 g/mol. The Morgan fingerprint density at radius 3 is 2.72 bits per heavy atom. The molecule has 1 fully saturated rings. The molecule has 0 saturated carbocycles. The van der Waals surface area contributed by atoms with Gasteiger partial charge in [-0.05, 0) is 36.8 Å². The Balaban J connectivity index is 1.93. The van der Waals surface area contributed by atoms with Crippen molar-refractivity contribution in [1.82, 2.24) is 4.98 Å². The number of thiazole rings is 1. The van der Waals surface area contributed by atoms with Crippen molar-refractivity contribution in [3.63, 3.8) is 0 Å². The number of hydrogen-bond acceptors (Lipinski definition) is 8. The number of carbonyl (C=O) groups excluding carboxylic acids is 2. The number of amides is 1. The van der Waals surface area contributed by atoms with Crippen molar-refractivity contribution < 1.29 is 29.3 Å². The van der Waals surface area contributed by atoms with Crippen LogP contribution in [0.1, 0.15) is 24.1 Å². The lowest BCUT2D eigenvalue weighted by Gasteiger charge is -2.23. The van der Waals surface area contributed by atoms with Gasteiger partial charge in [0, 0.05) is 17.1 Å². The van der Waals surface area contributed by atoms with Gasteiger partial charge in [0.15, 0.2) is 16.6 Å². The summed E-state index contributed by atoms with van der Waals surface area (Å²) >= 11 is 1.19. The first kappa shape index (κ1) is 21.4. The molecule has 1 atom stereocenters. The molecule has 0 spiro atoms. The molecule has 1 unspecified atom stereocenters. The lowest BCUT2D eigenvalue weighted by atomic mass is 9.95. The van der Waals surface area contributed by atoms with Crippen LogP contribution in [0.4, 0.5) is 5.13 Å². The number of nitrogens with zero attached hydrogens (tertiary/aromatic N) is 2. The highest BCUT2D eigenvalue weighted by atomic mass is 32.1. The van der Waals surface area contributed by atoms with E-state index in [9.17, 15) is 19.8 Å². The van der Waals surface area contributed by atoms with Crippen molar-refractivity contribution in [3.05, 3.63) is 70.7 Å². The molecule has 0 aliphatic carbocycles. The number of benzene rings is 2. The highest BCUT2D eigenvalue weighted by Gasteiger charge is 2.48. The third kappa shape index (κ3) is 3.67. The van der Waals surface area contributed by atoms with Crippen LogP contribution in [0.2, 0.25) is 0 Å². The molecular formula is C23H20N2O6S. The van der Waals surface area contributed by atoms with Crippen molar-refractivity contribution in [1.29, 1.82) is 0 Å². The molecule has 2 aromatic carbocycles.